The second-order valence-corrected chi connectivity index (χ2v) is 8.85. The molecule has 1 heterocycles. The summed E-state index contributed by atoms with van der Waals surface area (Å²) in [6.45, 7) is 6.53. The number of hydrogen-bond acceptors (Lipinski definition) is 12. The predicted octanol–water partition coefficient (Wildman–Crippen LogP) is 1.64. The fourth-order valence-corrected chi connectivity index (χ4v) is 3.69. The van der Waals surface area contributed by atoms with E-state index in [1.54, 1.807) is 6.92 Å². The van der Waals surface area contributed by atoms with Gasteiger partial charge in [0.15, 0.2) is 12.4 Å². The predicted molar refractivity (Wildman–Crippen MR) is 133 cm³/mol. The number of unbranched alkanes of at least 4 members (excludes halogenated alkanes) is 2. The first kappa shape index (κ1) is 34.0. The van der Waals surface area contributed by atoms with Crippen LogP contribution in [0.5, 0.6) is 0 Å². The van der Waals surface area contributed by atoms with Crippen LogP contribution in [0.3, 0.4) is 0 Å². The highest BCUT2D eigenvalue weighted by atomic mass is 16.7. The molecule has 0 aromatic carbocycles. The zero-order valence-electron chi connectivity index (χ0n) is 22.9. The summed E-state index contributed by atoms with van der Waals surface area (Å²) in [5.41, 5.74) is 9.04. The molecule has 1 aliphatic heterocycles. The zero-order chi connectivity index (χ0) is 28.5. The standard InChI is InChI=1S/C24H43N3O11/c1-6-8-10-33-15(3)20(30)23(24(31)32-5)38-19(12-28)37-22-18(14-35-16(4)29)36-13-17(26-27-25)21(22)34-11-9-7-2/h15,17-23,28,30H,6-14H2,1-5H3/t15-,17+,18?,19?,20-,21?,22+,23?/m0/s1. The first-order valence-electron chi connectivity index (χ1n) is 12.9. The lowest BCUT2D eigenvalue weighted by Crippen LogP contribution is -2.58. The smallest absolute Gasteiger partial charge is 0.337 e. The lowest BCUT2D eigenvalue weighted by atomic mass is 9.98. The summed E-state index contributed by atoms with van der Waals surface area (Å²) < 4.78 is 38.9. The lowest BCUT2D eigenvalue weighted by molar-refractivity contribution is -0.280. The van der Waals surface area contributed by atoms with Crippen LogP contribution in [0, 0.1) is 0 Å². The minimum Gasteiger partial charge on any atom is -0.467 e. The van der Waals surface area contributed by atoms with Crippen LogP contribution in [-0.4, -0.2) is 111 Å². The molecule has 0 radical (unpaired) electrons. The minimum absolute atomic E-state index is 0.0204. The van der Waals surface area contributed by atoms with Crippen LogP contribution in [0.15, 0.2) is 5.11 Å². The second kappa shape index (κ2) is 19.1. The number of aliphatic hydroxyl groups excluding tert-OH is 2. The van der Waals surface area contributed by atoms with Crippen LogP contribution >= 0.6 is 0 Å². The number of nitrogens with zero attached hydrogens (tertiary/aromatic N) is 3. The van der Waals surface area contributed by atoms with Crippen molar-refractivity contribution in [3.63, 3.8) is 0 Å². The van der Waals surface area contributed by atoms with Crippen molar-refractivity contribution >= 4 is 11.9 Å². The Morgan fingerprint density at radius 3 is 2.45 bits per heavy atom. The third-order valence-corrected chi connectivity index (χ3v) is 5.87. The Bertz CT molecular complexity index is 737. The van der Waals surface area contributed by atoms with Crippen molar-refractivity contribution in [1.29, 1.82) is 0 Å². The van der Waals surface area contributed by atoms with E-state index in [0.29, 0.717) is 19.6 Å². The Kier molecular flexibility index (Phi) is 17.1. The Balaban J connectivity index is 3.18. The molecule has 1 saturated heterocycles. The summed E-state index contributed by atoms with van der Waals surface area (Å²) in [7, 11) is 1.13. The first-order chi connectivity index (χ1) is 18.2. The fourth-order valence-electron chi connectivity index (χ4n) is 3.69. The van der Waals surface area contributed by atoms with Gasteiger partial charge in [-0.15, -0.1) is 0 Å². The molecule has 0 aliphatic carbocycles. The molecule has 2 N–H and O–H groups in total. The highest BCUT2D eigenvalue weighted by Crippen LogP contribution is 2.27. The van der Waals surface area contributed by atoms with Crippen molar-refractivity contribution < 1.29 is 53.0 Å². The molecular weight excluding hydrogens is 506 g/mol. The molecule has 0 aromatic rings. The molecule has 8 atom stereocenters. The lowest BCUT2D eigenvalue weighted by Gasteiger charge is -2.42. The normalized spacial score (nSPS) is 24.5. The monoisotopic (exact) mass is 549 g/mol. The van der Waals surface area contributed by atoms with E-state index < -0.39 is 67.5 Å². The summed E-state index contributed by atoms with van der Waals surface area (Å²) in [4.78, 5) is 26.8. The average Bonchev–Trinajstić information content (AvgIpc) is 2.90. The molecular formula is C24H43N3O11. The molecule has 1 aliphatic rings. The Morgan fingerprint density at radius 2 is 1.87 bits per heavy atom. The highest BCUT2D eigenvalue weighted by Gasteiger charge is 2.45. The van der Waals surface area contributed by atoms with Crippen LogP contribution in [0.2, 0.25) is 0 Å². The molecule has 1 rings (SSSR count). The van der Waals surface area contributed by atoms with E-state index >= 15 is 0 Å². The van der Waals surface area contributed by atoms with Gasteiger partial charge in [0.1, 0.15) is 24.9 Å². The summed E-state index contributed by atoms with van der Waals surface area (Å²) in [6.07, 6.45) is -4.80. The zero-order valence-corrected chi connectivity index (χ0v) is 22.9. The van der Waals surface area contributed by atoms with Crippen molar-refractivity contribution in [3.8, 4) is 0 Å². The highest BCUT2D eigenvalue weighted by molar-refractivity contribution is 5.75. The van der Waals surface area contributed by atoms with E-state index in [4.69, 9.17) is 38.7 Å². The largest absolute Gasteiger partial charge is 0.467 e. The van der Waals surface area contributed by atoms with Gasteiger partial charge in [-0.05, 0) is 25.3 Å². The quantitative estimate of drug-likeness (QED) is 0.0595. The summed E-state index contributed by atoms with van der Waals surface area (Å²) >= 11 is 0. The van der Waals surface area contributed by atoms with E-state index in [9.17, 15) is 19.8 Å². The topological polar surface area (TPSA) is 188 Å². The number of rotatable bonds is 19. The number of ether oxygens (including phenoxy) is 7. The van der Waals surface area contributed by atoms with Gasteiger partial charge in [0.05, 0.1) is 38.6 Å². The average molecular weight is 550 g/mol. The van der Waals surface area contributed by atoms with Crippen LogP contribution in [0.25, 0.3) is 10.4 Å². The third kappa shape index (κ3) is 11.4. The molecule has 14 heteroatoms. The van der Waals surface area contributed by atoms with Gasteiger partial charge in [-0.1, -0.05) is 31.8 Å². The van der Waals surface area contributed by atoms with Crippen molar-refractivity contribution in [2.75, 3.05) is 40.1 Å². The maximum atomic E-state index is 12.5. The molecule has 14 nitrogen and oxygen atoms in total. The number of azide groups is 1. The van der Waals surface area contributed by atoms with E-state index in [0.717, 1.165) is 26.4 Å². The van der Waals surface area contributed by atoms with Crippen molar-refractivity contribution in [3.05, 3.63) is 10.4 Å². The number of hydrogen-bond donors (Lipinski definition) is 2. The van der Waals surface area contributed by atoms with Crippen LogP contribution in [0.1, 0.15) is 53.4 Å². The summed E-state index contributed by atoms with van der Waals surface area (Å²) in [5.74, 6) is -1.45. The van der Waals surface area contributed by atoms with Crippen LogP contribution in [0.4, 0.5) is 0 Å². The third-order valence-electron chi connectivity index (χ3n) is 5.87. The van der Waals surface area contributed by atoms with Gasteiger partial charge in [0, 0.05) is 25.0 Å². The minimum atomic E-state index is -1.56. The maximum absolute atomic E-state index is 12.5. The van der Waals surface area contributed by atoms with Gasteiger partial charge in [-0.2, -0.15) is 0 Å². The number of carbonyl (C=O) groups excluding carboxylic acids is 2. The van der Waals surface area contributed by atoms with Gasteiger partial charge in [0.2, 0.25) is 0 Å². The maximum Gasteiger partial charge on any atom is 0.337 e. The van der Waals surface area contributed by atoms with E-state index in [1.165, 1.54) is 6.92 Å². The van der Waals surface area contributed by atoms with Crippen LogP contribution in [-0.2, 0) is 42.7 Å². The Morgan fingerprint density at radius 1 is 1.18 bits per heavy atom. The number of methoxy groups -OCH3 is 1. The second-order valence-electron chi connectivity index (χ2n) is 8.85. The number of carbonyl (C=O) groups is 2. The number of aliphatic hydroxyl groups is 2. The summed E-state index contributed by atoms with van der Waals surface area (Å²) in [5, 5.41) is 24.6. The molecule has 38 heavy (non-hydrogen) atoms. The van der Waals surface area contributed by atoms with Crippen molar-refractivity contribution in [2.24, 2.45) is 5.11 Å². The van der Waals surface area contributed by atoms with Crippen molar-refractivity contribution in [1.82, 2.24) is 0 Å². The fraction of sp³-hybridized carbons (Fsp3) is 0.917. The van der Waals surface area contributed by atoms with Crippen molar-refractivity contribution in [2.45, 2.75) is 102 Å². The summed E-state index contributed by atoms with van der Waals surface area (Å²) in [6, 6.07) is -0.788. The molecule has 0 amide bonds. The molecule has 4 unspecified atom stereocenters. The van der Waals surface area contributed by atoms with E-state index in [2.05, 4.69) is 10.0 Å². The first-order valence-corrected chi connectivity index (χ1v) is 12.9. The van der Waals surface area contributed by atoms with Crippen LogP contribution < -0.4 is 0 Å². The molecule has 220 valence electrons. The molecule has 0 aromatic heterocycles. The van der Waals surface area contributed by atoms with Gasteiger partial charge in [-0.3, -0.25) is 4.79 Å². The molecule has 1 fully saturated rings. The SMILES string of the molecule is CCCCOC1[C@H](OC(CO)OC(C(=O)OC)[C@@H](O)[C@H](C)OCCCC)C(COC(C)=O)OC[C@H]1N=[N+]=[N-]. The van der Waals surface area contributed by atoms with E-state index in [1.807, 2.05) is 13.8 Å². The van der Waals surface area contributed by atoms with Gasteiger partial charge in [-0.25, -0.2) is 4.79 Å². The number of esters is 2. The molecule has 0 spiro atoms. The molecule has 0 bridgehead atoms. The van der Waals surface area contributed by atoms with E-state index in [-0.39, 0.29) is 13.2 Å². The van der Waals surface area contributed by atoms with Gasteiger partial charge >= 0.3 is 11.9 Å². The van der Waals surface area contributed by atoms with Gasteiger partial charge in [0.25, 0.3) is 0 Å². The molecule has 0 saturated carbocycles. The van der Waals surface area contributed by atoms with Gasteiger partial charge < -0.3 is 43.4 Å². The Hall–Kier alpha value is -2.03. The Labute approximate surface area is 223 Å².